The molecule has 0 spiro atoms. The lowest BCUT2D eigenvalue weighted by atomic mass is 9.88. The summed E-state index contributed by atoms with van der Waals surface area (Å²) < 4.78 is 18.3. The fourth-order valence-electron chi connectivity index (χ4n) is 3.05. The minimum absolute atomic E-state index is 0.164. The van der Waals surface area contributed by atoms with Crippen molar-refractivity contribution in [3.63, 3.8) is 0 Å². The quantitative estimate of drug-likeness (QED) is 0.866. The first-order chi connectivity index (χ1) is 10.7. The molecule has 1 amide bonds. The predicted molar refractivity (Wildman–Crippen MR) is 82.4 cm³/mol. The van der Waals surface area contributed by atoms with Gasteiger partial charge in [0.25, 0.3) is 0 Å². The molecule has 0 atom stereocenters. The van der Waals surface area contributed by atoms with Gasteiger partial charge in [0.1, 0.15) is 11.6 Å². The third-order valence-corrected chi connectivity index (χ3v) is 4.16. The molecule has 0 aliphatic heterocycles. The standard InChI is InChI=1S/C18H18FNO2/c19-15-7-5-14(6-8-15)18(11-1-2-12-18)20-17(21)10-9-16-4-3-13-22-16/h3-10,13H,1-2,11-12H2,(H,20,21)/b10-9+. The highest BCUT2D eigenvalue weighted by Gasteiger charge is 2.36. The molecule has 3 rings (SSSR count). The fraction of sp³-hybridized carbons (Fsp3) is 0.278. The molecule has 1 saturated carbocycles. The van der Waals surface area contributed by atoms with E-state index in [9.17, 15) is 9.18 Å². The first-order valence-corrected chi connectivity index (χ1v) is 7.48. The summed E-state index contributed by atoms with van der Waals surface area (Å²) in [4.78, 5) is 12.2. The van der Waals surface area contributed by atoms with Crippen LogP contribution >= 0.6 is 0 Å². The third-order valence-electron chi connectivity index (χ3n) is 4.16. The van der Waals surface area contributed by atoms with Gasteiger partial charge in [0, 0.05) is 6.08 Å². The van der Waals surface area contributed by atoms with Crippen LogP contribution in [-0.2, 0) is 10.3 Å². The van der Waals surface area contributed by atoms with Gasteiger partial charge in [-0.05, 0) is 48.7 Å². The molecule has 1 aromatic carbocycles. The van der Waals surface area contributed by atoms with Gasteiger partial charge in [0.15, 0.2) is 0 Å². The van der Waals surface area contributed by atoms with E-state index in [-0.39, 0.29) is 11.7 Å². The van der Waals surface area contributed by atoms with Crippen molar-refractivity contribution in [3.05, 3.63) is 65.9 Å². The zero-order chi connectivity index (χ0) is 15.4. The Kier molecular flexibility index (Phi) is 4.09. The molecular weight excluding hydrogens is 281 g/mol. The zero-order valence-corrected chi connectivity index (χ0v) is 12.2. The summed E-state index contributed by atoms with van der Waals surface area (Å²) >= 11 is 0. The second kappa shape index (κ2) is 6.18. The molecule has 0 radical (unpaired) electrons. The van der Waals surface area contributed by atoms with Crippen molar-refractivity contribution in [3.8, 4) is 0 Å². The van der Waals surface area contributed by atoms with Crippen LogP contribution in [0.4, 0.5) is 4.39 Å². The number of amides is 1. The summed E-state index contributed by atoms with van der Waals surface area (Å²) in [6, 6.07) is 9.97. The average molecular weight is 299 g/mol. The van der Waals surface area contributed by atoms with Gasteiger partial charge in [0.05, 0.1) is 11.8 Å². The largest absolute Gasteiger partial charge is 0.465 e. The Hall–Kier alpha value is -2.36. The highest BCUT2D eigenvalue weighted by atomic mass is 19.1. The number of halogens is 1. The van der Waals surface area contributed by atoms with E-state index in [0.29, 0.717) is 5.76 Å². The van der Waals surface area contributed by atoms with Gasteiger partial charge in [-0.2, -0.15) is 0 Å². The molecule has 0 saturated heterocycles. The van der Waals surface area contributed by atoms with Gasteiger partial charge in [-0.25, -0.2) is 4.39 Å². The Morgan fingerprint density at radius 3 is 2.55 bits per heavy atom. The molecule has 4 heteroatoms. The Balaban J connectivity index is 1.76. The zero-order valence-electron chi connectivity index (χ0n) is 12.2. The summed E-state index contributed by atoms with van der Waals surface area (Å²) in [5.41, 5.74) is 0.573. The maximum absolute atomic E-state index is 13.1. The number of carbonyl (C=O) groups excluding carboxylic acids is 1. The first kappa shape index (κ1) is 14.6. The first-order valence-electron chi connectivity index (χ1n) is 7.48. The van der Waals surface area contributed by atoms with E-state index in [1.165, 1.54) is 18.2 Å². The average Bonchev–Trinajstić information content (AvgIpc) is 3.18. The second-order valence-electron chi connectivity index (χ2n) is 5.63. The lowest BCUT2D eigenvalue weighted by Crippen LogP contribution is -2.43. The van der Waals surface area contributed by atoms with E-state index < -0.39 is 5.54 Å². The molecular formula is C18H18FNO2. The smallest absolute Gasteiger partial charge is 0.244 e. The number of rotatable bonds is 4. The molecule has 1 fully saturated rings. The van der Waals surface area contributed by atoms with Crippen LogP contribution in [0.1, 0.15) is 37.0 Å². The van der Waals surface area contributed by atoms with Gasteiger partial charge in [-0.1, -0.05) is 25.0 Å². The van der Waals surface area contributed by atoms with Crippen molar-refractivity contribution >= 4 is 12.0 Å². The van der Waals surface area contributed by atoms with Crippen LogP contribution in [0.3, 0.4) is 0 Å². The number of benzene rings is 1. The number of hydrogen-bond acceptors (Lipinski definition) is 2. The maximum atomic E-state index is 13.1. The van der Waals surface area contributed by atoms with Crippen molar-refractivity contribution in [2.75, 3.05) is 0 Å². The van der Waals surface area contributed by atoms with Gasteiger partial charge < -0.3 is 9.73 Å². The van der Waals surface area contributed by atoms with Crippen molar-refractivity contribution in [1.29, 1.82) is 0 Å². The van der Waals surface area contributed by atoms with Crippen LogP contribution in [0.2, 0.25) is 0 Å². The monoisotopic (exact) mass is 299 g/mol. The van der Waals surface area contributed by atoms with E-state index in [1.54, 1.807) is 36.6 Å². The van der Waals surface area contributed by atoms with Gasteiger partial charge in [-0.3, -0.25) is 4.79 Å². The molecule has 22 heavy (non-hydrogen) atoms. The summed E-state index contributed by atoms with van der Waals surface area (Å²) in [6.07, 6.45) is 8.54. The predicted octanol–water partition coefficient (Wildman–Crippen LogP) is 4.02. The SMILES string of the molecule is O=C(/C=C/c1ccco1)NC1(c2ccc(F)cc2)CCCC1. The van der Waals surface area contributed by atoms with Crippen molar-refractivity contribution in [2.24, 2.45) is 0 Å². The summed E-state index contributed by atoms with van der Waals surface area (Å²) in [5.74, 6) is 0.209. The molecule has 114 valence electrons. The van der Waals surface area contributed by atoms with Crippen LogP contribution in [-0.4, -0.2) is 5.91 Å². The number of carbonyl (C=O) groups is 1. The number of hydrogen-bond donors (Lipinski definition) is 1. The summed E-state index contributed by atoms with van der Waals surface area (Å²) in [7, 11) is 0. The Bertz CT molecular complexity index is 653. The lowest BCUT2D eigenvalue weighted by molar-refractivity contribution is -0.118. The van der Waals surface area contributed by atoms with Gasteiger partial charge in [-0.15, -0.1) is 0 Å². The fourth-order valence-corrected chi connectivity index (χ4v) is 3.05. The highest BCUT2D eigenvalue weighted by molar-refractivity contribution is 5.92. The van der Waals surface area contributed by atoms with Crippen LogP contribution in [0.5, 0.6) is 0 Å². The lowest BCUT2D eigenvalue weighted by Gasteiger charge is -2.30. The van der Waals surface area contributed by atoms with Crippen molar-refractivity contribution in [1.82, 2.24) is 5.32 Å². The third kappa shape index (κ3) is 3.11. The van der Waals surface area contributed by atoms with Crippen LogP contribution < -0.4 is 5.32 Å². The highest BCUT2D eigenvalue weighted by Crippen LogP contribution is 2.38. The molecule has 1 N–H and O–H groups in total. The second-order valence-corrected chi connectivity index (χ2v) is 5.63. The Morgan fingerprint density at radius 1 is 1.18 bits per heavy atom. The molecule has 1 aliphatic carbocycles. The molecule has 0 unspecified atom stereocenters. The maximum Gasteiger partial charge on any atom is 0.244 e. The molecule has 1 aliphatic rings. The molecule has 3 nitrogen and oxygen atoms in total. The molecule has 2 aromatic rings. The molecule has 1 aromatic heterocycles. The van der Waals surface area contributed by atoms with E-state index in [1.807, 2.05) is 0 Å². The minimum atomic E-state index is -0.391. The topological polar surface area (TPSA) is 42.2 Å². The number of furan rings is 1. The van der Waals surface area contributed by atoms with E-state index in [0.717, 1.165) is 31.2 Å². The van der Waals surface area contributed by atoms with Gasteiger partial charge >= 0.3 is 0 Å². The van der Waals surface area contributed by atoms with Crippen molar-refractivity contribution < 1.29 is 13.6 Å². The van der Waals surface area contributed by atoms with Crippen LogP contribution in [0, 0.1) is 5.82 Å². The summed E-state index contributed by atoms with van der Waals surface area (Å²) in [5, 5.41) is 3.10. The molecule has 0 bridgehead atoms. The molecule has 1 heterocycles. The number of nitrogens with one attached hydrogen (secondary N) is 1. The minimum Gasteiger partial charge on any atom is -0.465 e. The van der Waals surface area contributed by atoms with E-state index >= 15 is 0 Å². The Labute approximate surface area is 128 Å². The van der Waals surface area contributed by atoms with Crippen LogP contribution in [0.15, 0.2) is 53.2 Å². The normalized spacial score (nSPS) is 17.0. The van der Waals surface area contributed by atoms with Crippen LogP contribution in [0.25, 0.3) is 6.08 Å². The van der Waals surface area contributed by atoms with E-state index in [4.69, 9.17) is 4.42 Å². The summed E-state index contributed by atoms with van der Waals surface area (Å²) in [6.45, 7) is 0. The van der Waals surface area contributed by atoms with Gasteiger partial charge in [0.2, 0.25) is 5.91 Å². The van der Waals surface area contributed by atoms with E-state index in [2.05, 4.69) is 5.32 Å². The Morgan fingerprint density at radius 2 is 1.91 bits per heavy atom. The van der Waals surface area contributed by atoms with Crippen molar-refractivity contribution in [2.45, 2.75) is 31.2 Å².